The van der Waals surface area contributed by atoms with Crippen LogP contribution < -0.4 is 15.4 Å². The predicted molar refractivity (Wildman–Crippen MR) is 141 cm³/mol. The van der Waals surface area contributed by atoms with Crippen LogP contribution in [0.25, 0.3) is 5.65 Å². The normalized spacial score (nSPS) is 18.9. The maximum absolute atomic E-state index is 14.0. The van der Waals surface area contributed by atoms with E-state index >= 15 is 0 Å². The molecule has 0 spiro atoms. The first-order valence-corrected chi connectivity index (χ1v) is 14.3. The fourth-order valence-corrected chi connectivity index (χ4v) is 5.39. The molecule has 3 aromatic rings. The SMILES string of the molecule is CC(C)Oc1conc1C(=O)NC(c1cn2ncc([C@H](NC(=O)CCC(F)(F)F)C3CC3)cc2n1)C1CCC(F)(F)CC1. The minimum Gasteiger partial charge on any atom is -0.485 e. The molecule has 0 bridgehead atoms. The van der Waals surface area contributed by atoms with Gasteiger partial charge in [0.2, 0.25) is 17.5 Å². The van der Waals surface area contributed by atoms with Crippen molar-refractivity contribution in [2.24, 2.45) is 11.8 Å². The van der Waals surface area contributed by atoms with Gasteiger partial charge in [0.1, 0.15) is 0 Å². The molecule has 234 valence electrons. The second-order valence-electron chi connectivity index (χ2n) is 11.6. The first-order valence-electron chi connectivity index (χ1n) is 14.3. The molecule has 0 aliphatic heterocycles. The summed E-state index contributed by atoms with van der Waals surface area (Å²) in [5.74, 6) is -4.26. The zero-order valence-corrected chi connectivity index (χ0v) is 23.7. The average molecular weight is 613 g/mol. The van der Waals surface area contributed by atoms with E-state index in [9.17, 15) is 31.5 Å². The number of amides is 2. The number of imidazole rings is 1. The van der Waals surface area contributed by atoms with Crippen LogP contribution in [0, 0.1) is 11.8 Å². The van der Waals surface area contributed by atoms with Crippen LogP contribution in [-0.2, 0) is 4.79 Å². The highest BCUT2D eigenvalue weighted by atomic mass is 19.4. The zero-order chi connectivity index (χ0) is 30.9. The molecule has 3 aromatic heterocycles. The van der Waals surface area contributed by atoms with Gasteiger partial charge in [-0.05, 0) is 63.0 Å². The number of carbonyl (C=O) groups excluding carboxylic acids is 2. The fourth-order valence-electron chi connectivity index (χ4n) is 5.39. The molecule has 2 N–H and O–H groups in total. The molecule has 0 saturated heterocycles. The van der Waals surface area contributed by atoms with Crippen LogP contribution in [0.1, 0.15) is 99.0 Å². The molecular formula is C28H33F5N6O4. The molecule has 2 aliphatic rings. The van der Waals surface area contributed by atoms with Crippen molar-refractivity contribution in [3.8, 4) is 5.75 Å². The summed E-state index contributed by atoms with van der Waals surface area (Å²) in [7, 11) is 0. The Morgan fingerprint density at radius 2 is 1.81 bits per heavy atom. The van der Waals surface area contributed by atoms with Gasteiger partial charge in [-0.2, -0.15) is 18.3 Å². The van der Waals surface area contributed by atoms with Gasteiger partial charge >= 0.3 is 6.18 Å². The van der Waals surface area contributed by atoms with Crippen molar-refractivity contribution in [3.63, 3.8) is 0 Å². The number of rotatable bonds is 11. The molecular weight excluding hydrogens is 579 g/mol. The smallest absolute Gasteiger partial charge is 0.389 e. The van der Waals surface area contributed by atoms with Gasteiger partial charge in [0.15, 0.2) is 17.7 Å². The molecule has 0 aromatic carbocycles. The summed E-state index contributed by atoms with van der Waals surface area (Å²) < 4.78 is 77.9. The number of nitrogens with one attached hydrogen (secondary N) is 2. The predicted octanol–water partition coefficient (Wildman–Crippen LogP) is 5.71. The van der Waals surface area contributed by atoms with Crippen molar-refractivity contribution >= 4 is 17.5 Å². The lowest BCUT2D eigenvalue weighted by atomic mass is 9.81. The van der Waals surface area contributed by atoms with E-state index in [2.05, 4.69) is 25.9 Å². The van der Waals surface area contributed by atoms with Gasteiger partial charge in [-0.15, -0.1) is 0 Å². The number of hydrogen-bond donors (Lipinski definition) is 2. The standard InChI is InChI=1S/C28H33F5N6O4/c1-15(2)43-20-14-42-38-25(20)26(41)37-24(17-5-8-27(29,30)9-6-17)19-13-39-21(35-19)11-18(12-34-39)23(16-3-4-16)36-22(40)7-10-28(31,32)33/h11-17,23-24H,3-10H2,1-2H3,(H,36,40)(H,37,41)/t23-,24?/m1/s1. The maximum Gasteiger partial charge on any atom is 0.389 e. The van der Waals surface area contributed by atoms with Crippen LogP contribution in [0.2, 0.25) is 0 Å². The first-order chi connectivity index (χ1) is 20.3. The molecule has 0 radical (unpaired) electrons. The molecule has 43 heavy (non-hydrogen) atoms. The van der Waals surface area contributed by atoms with E-state index in [-0.39, 0.29) is 55.1 Å². The number of hydrogen-bond acceptors (Lipinski definition) is 7. The summed E-state index contributed by atoms with van der Waals surface area (Å²) >= 11 is 0. The van der Waals surface area contributed by atoms with Gasteiger partial charge in [0, 0.05) is 19.3 Å². The van der Waals surface area contributed by atoms with E-state index in [1.807, 2.05) is 0 Å². The Morgan fingerprint density at radius 3 is 2.47 bits per heavy atom. The number of aromatic nitrogens is 4. The lowest BCUT2D eigenvalue weighted by molar-refractivity contribution is -0.144. The van der Waals surface area contributed by atoms with Crippen molar-refractivity contribution in [3.05, 3.63) is 41.7 Å². The van der Waals surface area contributed by atoms with Gasteiger partial charge in [-0.25, -0.2) is 18.3 Å². The highest BCUT2D eigenvalue weighted by molar-refractivity contribution is 5.95. The molecule has 1 unspecified atom stereocenters. The second-order valence-corrected chi connectivity index (χ2v) is 11.6. The minimum absolute atomic E-state index is 0.0641. The average Bonchev–Trinajstić information content (AvgIpc) is 3.51. The summed E-state index contributed by atoms with van der Waals surface area (Å²) in [6.07, 6.45) is -1.01. The fraction of sp³-hybridized carbons (Fsp3) is 0.607. The number of ether oxygens (including phenoxy) is 1. The topological polar surface area (TPSA) is 124 Å². The van der Waals surface area contributed by atoms with Gasteiger partial charge in [0.25, 0.3) is 5.91 Å². The highest BCUT2D eigenvalue weighted by Crippen LogP contribution is 2.43. The number of nitrogens with zero attached hydrogens (tertiary/aromatic N) is 4. The van der Waals surface area contributed by atoms with E-state index in [1.165, 1.54) is 17.0 Å². The molecule has 15 heteroatoms. The lowest BCUT2D eigenvalue weighted by Gasteiger charge is -2.33. The van der Waals surface area contributed by atoms with Crippen LogP contribution in [0.3, 0.4) is 0 Å². The quantitative estimate of drug-likeness (QED) is 0.266. The van der Waals surface area contributed by atoms with Crippen LogP contribution in [-0.4, -0.2) is 49.8 Å². The molecule has 2 fully saturated rings. The van der Waals surface area contributed by atoms with Crippen LogP contribution >= 0.6 is 0 Å². The van der Waals surface area contributed by atoms with E-state index < -0.39 is 48.8 Å². The Balaban J connectivity index is 1.40. The monoisotopic (exact) mass is 612 g/mol. The van der Waals surface area contributed by atoms with Crippen LogP contribution in [0.5, 0.6) is 5.75 Å². The van der Waals surface area contributed by atoms with Crippen LogP contribution in [0.15, 0.2) is 29.2 Å². The molecule has 10 nitrogen and oxygen atoms in total. The third-order valence-corrected chi connectivity index (χ3v) is 7.72. The Labute approximate surface area is 243 Å². The maximum atomic E-state index is 14.0. The lowest BCUT2D eigenvalue weighted by Crippen LogP contribution is -2.37. The summed E-state index contributed by atoms with van der Waals surface area (Å²) in [5, 5.41) is 13.8. The molecule has 2 saturated carbocycles. The van der Waals surface area contributed by atoms with Crippen molar-refractivity contribution in [1.29, 1.82) is 0 Å². The van der Waals surface area contributed by atoms with Crippen LogP contribution in [0.4, 0.5) is 22.0 Å². The Hall–Kier alpha value is -3.78. The second kappa shape index (κ2) is 12.1. The van der Waals surface area contributed by atoms with E-state index in [1.54, 1.807) is 26.1 Å². The molecule has 2 aliphatic carbocycles. The molecule has 3 heterocycles. The van der Waals surface area contributed by atoms with E-state index in [0.29, 0.717) is 16.9 Å². The van der Waals surface area contributed by atoms with Gasteiger partial charge in [-0.3, -0.25) is 9.59 Å². The number of alkyl halides is 5. The summed E-state index contributed by atoms with van der Waals surface area (Å²) in [6.45, 7) is 3.55. The molecule has 5 rings (SSSR count). The van der Waals surface area contributed by atoms with Crippen molar-refractivity contribution in [1.82, 2.24) is 30.4 Å². The number of carbonyl (C=O) groups is 2. The van der Waals surface area contributed by atoms with Gasteiger partial charge in [-0.1, -0.05) is 5.16 Å². The summed E-state index contributed by atoms with van der Waals surface area (Å²) in [6, 6.07) is 0.392. The third kappa shape index (κ3) is 7.79. The number of fused-ring (bicyclic) bond motifs is 1. The van der Waals surface area contributed by atoms with E-state index in [4.69, 9.17) is 9.26 Å². The summed E-state index contributed by atoms with van der Waals surface area (Å²) in [4.78, 5) is 30.3. The largest absolute Gasteiger partial charge is 0.485 e. The minimum atomic E-state index is -4.43. The van der Waals surface area contributed by atoms with E-state index in [0.717, 1.165) is 12.8 Å². The number of halogens is 5. The molecule has 2 amide bonds. The molecule has 2 atom stereocenters. The Morgan fingerprint density at radius 1 is 1.12 bits per heavy atom. The van der Waals surface area contributed by atoms with Gasteiger partial charge < -0.3 is 19.9 Å². The first kappa shape index (κ1) is 30.7. The highest BCUT2D eigenvalue weighted by Gasteiger charge is 2.40. The Bertz CT molecular complexity index is 1440. The Kier molecular flexibility index (Phi) is 8.61. The van der Waals surface area contributed by atoms with Crippen molar-refractivity contribution in [2.75, 3.05) is 0 Å². The van der Waals surface area contributed by atoms with Crippen molar-refractivity contribution in [2.45, 2.75) is 95.5 Å². The summed E-state index contributed by atoms with van der Waals surface area (Å²) in [5.41, 5.74) is 1.26. The van der Waals surface area contributed by atoms with Crippen molar-refractivity contribution < 1.29 is 40.8 Å². The van der Waals surface area contributed by atoms with Gasteiger partial charge in [0.05, 0.1) is 42.7 Å². The zero-order valence-electron chi connectivity index (χ0n) is 23.7. The third-order valence-electron chi connectivity index (χ3n) is 7.72.